The largest absolute Gasteiger partial charge is 0.497 e. The lowest BCUT2D eigenvalue weighted by molar-refractivity contribution is 0.00804. The normalized spacial score (nSPS) is 19.2. The Morgan fingerprint density at radius 1 is 1.26 bits per heavy atom. The van der Waals surface area contributed by atoms with E-state index in [9.17, 15) is 9.90 Å². The average Bonchev–Trinajstić information content (AvgIpc) is 3.13. The number of aryl methyl sites for hydroxylation is 1. The lowest BCUT2D eigenvalue weighted by Gasteiger charge is -2.56. The quantitative estimate of drug-likeness (QED) is 0.588. The van der Waals surface area contributed by atoms with Crippen LogP contribution < -0.4 is 10.1 Å². The number of aliphatic hydroxyl groups excluding tert-OH is 1. The lowest BCUT2D eigenvalue weighted by atomic mass is 9.68. The van der Waals surface area contributed by atoms with Gasteiger partial charge in [-0.3, -0.25) is 9.88 Å². The topological polar surface area (TPSA) is 82.9 Å². The molecule has 0 bridgehead atoms. The zero-order valence-electron chi connectivity index (χ0n) is 20.1. The van der Waals surface area contributed by atoms with Gasteiger partial charge < -0.3 is 24.6 Å². The Labute approximate surface area is 200 Å². The Bertz CT molecular complexity index is 1190. The van der Waals surface area contributed by atoms with Gasteiger partial charge in [0.05, 0.1) is 31.0 Å². The molecule has 2 amide bonds. The Morgan fingerprint density at radius 3 is 2.76 bits per heavy atom. The lowest BCUT2D eigenvalue weighted by Crippen LogP contribution is -2.68. The van der Waals surface area contributed by atoms with E-state index in [1.165, 1.54) is 10.9 Å². The van der Waals surface area contributed by atoms with Gasteiger partial charge in [0.1, 0.15) is 5.75 Å². The smallest absolute Gasteiger partial charge is 0.317 e. The van der Waals surface area contributed by atoms with Gasteiger partial charge in [-0.2, -0.15) is 0 Å². The Kier molecular flexibility index (Phi) is 5.95. The minimum Gasteiger partial charge on any atom is -0.497 e. The molecule has 8 heteroatoms. The van der Waals surface area contributed by atoms with Gasteiger partial charge in [-0.15, -0.1) is 0 Å². The number of pyridine rings is 1. The van der Waals surface area contributed by atoms with Crippen LogP contribution in [0.25, 0.3) is 10.9 Å². The van der Waals surface area contributed by atoms with Gasteiger partial charge in [-0.25, -0.2) is 4.79 Å². The van der Waals surface area contributed by atoms with Crippen molar-refractivity contribution >= 4 is 16.9 Å². The summed E-state index contributed by atoms with van der Waals surface area (Å²) < 4.78 is 7.69. The Hall–Kier alpha value is -3.10. The Morgan fingerprint density at radius 2 is 2.09 bits per heavy atom. The van der Waals surface area contributed by atoms with E-state index in [-0.39, 0.29) is 24.1 Å². The molecule has 34 heavy (non-hydrogen) atoms. The summed E-state index contributed by atoms with van der Waals surface area (Å²) in [6, 6.07) is 11.9. The SMILES string of the molecule is CCCNC(=O)N1CC2(C1)CN(Cc1ccccn1)[C@H](CO)c1c2c2ccc(OC)cc2n1C. The number of likely N-dealkylation sites (tertiary alicyclic amines) is 1. The molecule has 180 valence electrons. The molecule has 0 unspecified atom stereocenters. The highest BCUT2D eigenvalue weighted by Gasteiger charge is 2.54. The molecular formula is C26H33N5O3. The van der Waals surface area contributed by atoms with Gasteiger partial charge in [-0.1, -0.05) is 13.0 Å². The fraction of sp³-hybridized carbons (Fsp3) is 0.462. The summed E-state index contributed by atoms with van der Waals surface area (Å²) in [5, 5.41) is 14.7. The zero-order valence-corrected chi connectivity index (χ0v) is 20.1. The predicted octanol–water partition coefficient (Wildman–Crippen LogP) is 2.80. The van der Waals surface area contributed by atoms with E-state index in [0.29, 0.717) is 26.2 Å². The number of aliphatic hydroxyl groups is 1. The molecule has 4 heterocycles. The zero-order chi connectivity index (χ0) is 23.9. The van der Waals surface area contributed by atoms with Crippen molar-refractivity contribution in [1.82, 2.24) is 24.7 Å². The van der Waals surface area contributed by atoms with Crippen LogP contribution in [0, 0.1) is 0 Å². The minimum absolute atomic E-state index is 0.00325. The first-order valence-corrected chi connectivity index (χ1v) is 12.0. The second kappa shape index (κ2) is 8.92. The standard InChI is InChI=1S/C26H33N5O3/c1-4-10-28-25(33)31-16-26(17-31)15-30(13-18-7-5-6-11-27-18)22(14-32)24-23(26)20-9-8-19(34-3)12-21(20)29(24)2/h5-9,11-12,22,32H,4,10,13-17H2,1-3H3,(H,28,33)/t22-/m1/s1. The van der Waals surface area contributed by atoms with Crippen molar-refractivity contribution in [3.8, 4) is 5.75 Å². The number of carbonyl (C=O) groups excluding carboxylic acids is 1. The second-order valence-corrected chi connectivity index (χ2v) is 9.50. The number of aromatic nitrogens is 2. The summed E-state index contributed by atoms with van der Waals surface area (Å²) >= 11 is 0. The van der Waals surface area contributed by atoms with Crippen molar-refractivity contribution in [3.63, 3.8) is 0 Å². The van der Waals surface area contributed by atoms with Crippen LogP contribution in [0.3, 0.4) is 0 Å². The highest BCUT2D eigenvalue weighted by Crippen LogP contribution is 2.49. The first-order chi connectivity index (χ1) is 16.5. The van der Waals surface area contributed by atoms with E-state index >= 15 is 0 Å². The molecule has 8 nitrogen and oxygen atoms in total. The third kappa shape index (κ3) is 3.61. The molecule has 5 rings (SSSR count). The molecule has 2 aromatic heterocycles. The van der Waals surface area contributed by atoms with Crippen molar-refractivity contribution in [2.75, 3.05) is 39.9 Å². The summed E-state index contributed by atoms with van der Waals surface area (Å²) in [5.74, 6) is 0.805. The number of amides is 2. The molecular weight excluding hydrogens is 430 g/mol. The predicted molar refractivity (Wildman–Crippen MR) is 131 cm³/mol. The molecule has 0 saturated carbocycles. The first-order valence-electron chi connectivity index (χ1n) is 12.0. The molecule has 1 atom stereocenters. The number of hydrogen-bond acceptors (Lipinski definition) is 5. The maximum atomic E-state index is 12.7. The van der Waals surface area contributed by atoms with Gasteiger partial charge >= 0.3 is 6.03 Å². The van der Waals surface area contributed by atoms with E-state index < -0.39 is 0 Å². The van der Waals surface area contributed by atoms with E-state index in [1.54, 1.807) is 13.3 Å². The molecule has 2 N–H and O–H groups in total. The number of benzene rings is 1. The van der Waals surface area contributed by atoms with Crippen LogP contribution in [-0.2, 0) is 19.0 Å². The van der Waals surface area contributed by atoms with Crippen molar-refractivity contribution in [2.45, 2.75) is 31.3 Å². The number of nitrogens with zero attached hydrogens (tertiary/aromatic N) is 4. The molecule has 2 aliphatic rings. The van der Waals surface area contributed by atoms with Crippen molar-refractivity contribution in [2.24, 2.45) is 7.05 Å². The van der Waals surface area contributed by atoms with Gasteiger partial charge in [-0.05, 0) is 36.2 Å². The molecule has 1 saturated heterocycles. The monoisotopic (exact) mass is 463 g/mol. The van der Waals surface area contributed by atoms with E-state index in [4.69, 9.17) is 4.74 Å². The summed E-state index contributed by atoms with van der Waals surface area (Å²) in [6.07, 6.45) is 2.72. The minimum atomic E-state index is -0.201. The van der Waals surface area contributed by atoms with Crippen LogP contribution in [0.4, 0.5) is 4.79 Å². The van der Waals surface area contributed by atoms with Crippen molar-refractivity contribution in [3.05, 3.63) is 59.5 Å². The Balaban J connectivity index is 1.59. The van der Waals surface area contributed by atoms with Gasteiger partial charge in [0.15, 0.2) is 0 Å². The molecule has 1 fully saturated rings. The van der Waals surface area contributed by atoms with E-state index in [2.05, 4.69) is 45.9 Å². The fourth-order valence-corrected chi connectivity index (χ4v) is 5.76. The average molecular weight is 464 g/mol. The highest BCUT2D eigenvalue weighted by atomic mass is 16.5. The number of urea groups is 1. The maximum Gasteiger partial charge on any atom is 0.317 e. The number of ether oxygens (including phenoxy) is 1. The number of rotatable bonds is 6. The van der Waals surface area contributed by atoms with Gasteiger partial charge in [0, 0.05) is 68.5 Å². The first kappa shape index (κ1) is 22.7. The summed E-state index contributed by atoms with van der Waals surface area (Å²) in [7, 11) is 3.74. The molecule has 2 aliphatic heterocycles. The van der Waals surface area contributed by atoms with Crippen LogP contribution in [-0.4, -0.2) is 70.4 Å². The maximum absolute atomic E-state index is 12.7. The third-order valence-corrected chi connectivity index (χ3v) is 7.31. The summed E-state index contributed by atoms with van der Waals surface area (Å²) in [4.78, 5) is 21.5. The second-order valence-electron chi connectivity index (χ2n) is 9.50. The van der Waals surface area contributed by atoms with E-state index in [1.807, 2.05) is 29.2 Å². The van der Waals surface area contributed by atoms with Gasteiger partial charge in [0.2, 0.25) is 0 Å². The van der Waals surface area contributed by atoms with Crippen LogP contribution in [0.2, 0.25) is 0 Å². The number of fused-ring (bicyclic) bond motifs is 4. The van der Waals surface area contributed by atoms with Crippen LogP contribution in [0.1, 0.15) is 36.3 Å². The van der Waals surface area contributed by atoms with Gasteiger partial charge in [0.25, 0.3) is 0 Å². The van der Waals surface area contributed by atoms with Crippen LogP contribution >= 0.6 is 0 Å². The highest BCUT2D eigenvalue weighted by molar-refractivity contribution is 5.89. The van der Waals surface area contributed by atoms with Crippen molar-refractivity contribution < 1.29 is 14.6 Å². The molecule has 1 aromatic carbocycles. The number of hydrogen-bond donors (Lipinski definition) is 2. The van der Waals surface area contributed by atoms with Crippen LogP contribution in [0.5, 0.6) is 5.75 Å². The third-order valence-electron chi connectivity index (χ3n) is 7.31. The van der Waals surface area contributed by atoms with Crippen molar-refractivity contribution in [1.29, 1.82) is 0 Å². The summed E-state index contributed by atoms with van der Waals surface area (Å²) in [5.41, 5.74) is 4.21. The number of nitrogens with one attached hydrogen (secondary N) is 1. The molecule has 1 spiro atoms. The summed E-state index contributed by atoms with van der Waals surface area (Å²) in [6.45, 7) is 5.44. The molecule has 3 aromatic rings. The fourth-order valence-electron chi connectivity index (χ4n) is 5.76. The number of carbonyl (C=O) groups is 1. The molecule has 0 aliphatic carbocycles. The van der Waals surface area contributed by atoms with Crippen LogP contribution in [0.15, 0.2) is 42.6 Å². The molecule has 0 radical (unpaired) electrons. The number of methoxy groups -OCH3 is 1. The van der Waals surface area contributed by atoms with E-state index in [0.717, 1.165) is 35.6 Å².